The number of carboxylic acids is 1. The molecule has 0 saturated carbocycles. The third-order valence-corrected chi connectivity index (χ3v) is 2.91. The Morgan fingerprint density at radius 3 is 2.94 bits per heavy atom. The Balaban J connectivity index is 2.25. The average molecular weight is 222 g/mol. The summed E-state index contributed by atoms with van der Waals surface area (Å²) < 4.78 is 5.42. The van der Waals surface area contributed by atoms with Gasteiger partial charge in [0.2, 0.25) is 0 Å². The molecule has 1 aromatic rings. The Bertz CT molecular complexity index is 402. The molecule has 0 spiro atoms. The molecular weight excluding hydrogens is 208 g/mol. The number of aliphatic hydroxyl groups is 1. The highest BCUT2D eigenvalue weighted by atomic mass is 16.5. The van der Waals surface area contributed by atoms with Crippen LogP contribution in [0.25, 0.3) is 0 Å². The lowest BCUT2D eigenvalue weighted by molar-refractivity contribution is -0.139. The molecule has 4 heteroatoms. The Morgan fingerprint density at radius 2 is 2.19 bits per heavy atom. The Kier molecular flexibility index (Phi) is 2.83. The molecule has 2 N–H and O–H groups in total. The highest BCUT2D eigenvalue weighted by Gasteiger charge is 2.35. The second-order valence-corrected chi connectivity index (χ2v) is 4.02. The van der Waals surface area contributed by atoms with Gasteiger partial charge in [0, 0.05) is 18.4 Å². The normalized spacial score (nSPS) is 23.3. The summed E-state index contributed by atoms with van der Waals surface area (Å²) in [5.41, 5.74) is -0.366. The van der Waals surface area contributed by atoms with Gasteiger partial charge < -0.3 is 14.9 Å². The molecule has 1 heterocycles. The summed E-state index contributed by atoms with van der Waals surface area (Å²) in [5, 5.41) is 19.1. The first-order valence-electron chi connectivity index (χ1n) is 5.28. The van der Waals surface area contributed by atoms with Crippen molar-refractivity contribution < 1.29 is 19.7 Å². The van der Waals surface area contributed by atoms with Crippen LogP contribution in [0.15, 0.2) is 24.3 Å². The largest absolute Gasteiger partial charge is 0.493 e. The maximum absolute atomic E-state index is 10.6. The fraction of sp³-hybridized carbons (Fsp3) is 0.417. The Labute approximate surface area is 93.5 Å². The second-order valence-electron chi connectivity index (χ2n) is 4.02. The summed E-state index contributed by atoms with van der Waals surface area (Å²) in [6.45, 7) is 0.424. The third-order valence-electron chi connectivity index (χ3n) is 2.91. The van der Waals surface area contributed by atoms with Crippen LogP contribution < -0.4 is 4.74 Å². The van der Waals surface area contributed by atoms with E-state index in [-0.39, 0.29) is 12.8 Å². The Morgan fingerprint density at radius 1 is 1.44 bits per heavy atom. The van der Waals surface area contributed by atoms with E-state index in [1.165, 1.54) is 0 Å². The standard InChI is InChI=1S/C12H14O4/c13-11(14)5-6-12(15)7-8-16-10-4-2-1-3-9(10)12/h1-4,15H,5-8H2,(H,13,14). The summed E-state index contributed by atoms with van der Waals surface area (Å²) >= 11 is 0. The minimum Gasteiger partial charge on any atom is -0.493 e. The molecule has 4 nitrogen and oxygen atoms in total. The molecule has 86 valence electrons. The van der Waals surface area contributed by atoms with E-state index in [0.717, 1.165) is 0 Å². The zero-order valence-electron chi connectivity index (χ0n) is 8.85. The highest BCUT2D eigenvalue weighted by molar-refractivity contribution is 5.66. The van der Waals surface area contributed by atoms with Gasteiger partial charge in [0.15, 0.2) is 0 Å². The molecular formula is C12H14O4. The van der Waals surface area contributed by atoms with Crippen LogP contribution in [0.1, 0.15) is 24.8 Å². The van der Waals surface area contributed by atoms with Crippen molar-refractivity contribution in [3.8, 4) is 5.75 Å². The molecule has 1 aliphatic rings. The minimum atomic E-state index is -1.06. The first-order valence-corrected chi connectivity index (χ1v) is 5.28. The molecule has 1 atom stereocenters. The van der Waals surface area contributed by atoms with E-state index in [0.29, 0.717) is 24.3 Å². The van der Waals surface area contributed by atoms with Gasteiger partial charge in [-0.25, -0.2) is 0 Å². The van der Waals surface area contributed by atoms with E-state index >= 15 is 0 Å². The number of carboxylic acid groups (broad SMARTS) is 1. The van der Waals surface area contributed by atoms with Gasteiger partial charge in [-0.2, -0.15) is 0 Å². The van der Waals surface area contributed by atoms with E-state index in [4.69, 9.17) is 9.84 Å². The smallest absolute Gasteiger partial charge is 0.303 e. The third kappa shape index (κ3) is 2.02. The second kappa shape index (κ2) is 4.14. The van der Waals surface area contributed by atoms with Crippen LogP contribution in [-0.2, 0) is 10.4 Å². The number of hydrogen-bond donors (Lipinski definition) is 2. The maximum Gasteiger partial charge on any atom is 0.303 e. The van der Waals surface area contributed by atoms with E-state index < -0.39 is 11.6 Å². The van der Waals surface area contributed by atoms with Crippen LogP contribution in [0, 0.1) is 0 Å². The Hall–Kier alpha value is -1.55. The van der Waals surface area contributed by atoms with Gasteiger partial charge in [-0.1, -0.05) is 18.2 Å². The van der Waals surface area contributed by atoms with Crippen LogP contribution in [0.5, 0.6) is 5.75 Å². The van der Waals surface area contributed by atoms with Crippen LogP contribution >= 0.6 is 0 Å². The van der Waals surface area contributed by atoms with Crippen molar-refractivity contribution in [1.82, 2.24) is 0 Å². The first kappa shape index (κ1) is 11.0. The fourth-order valence-corrected chi connectivity index (χ4v) is 2.01. The topological polar surface area (TPSA) is 66.8 Å². The number of ether oxygens (including phenoxy) is 1. The fourth-order valence-electron chi connectivity index (χ4n) is 2.01. The first-order chi connectivity index (χ1) is 7.62. The predicted molar refractivity (Wildman–Crippen MR) is 57.3 cm³/mol. The van der Waals surface area contributed by atoms with Crippen molar-refractivity contribution in [2.24, 2.45) is 0 Å². The number of benzene rings is 1. The minimum absolute atomic E-state index is 0.0369. The van der Waals surface area contributed by atoms with Crippen LogP contribution in [0.4, 0.5) is 0 Å². The van der Waals surface area contributed by atoms with Crippen LogP contribution in [0.2, 0.25) is 0 Å². The quantitative estimate of drug-likeness (QED) is 0.813. The van der Waals surface area contributed by atoms with Gasteiger partial charge in [0.25, 0.3) is 0 Å². The summed E-state index contributed by atoms with van der Waals surface area (Å²) in [4.78, 5) is 10.6. The molecule has 0 radical (unpaired) electrons. The SMILES string of the molecule is O=C(O)CCC1(O)CCOc2ccccc21. The van der Waals surface area contributed by atoms with Crippen LogP contribution in [0.3, 0.4) is 0 Å². The molecule has 2 rings (SSSR count). The summed E-state index contributed by atoms with van der Waals surface area (Å²) in [5.74, 6) is -0.237. The lowest BCUT2D eigenvalue weighted by Crippen LogP contribution is -2.33. The van der Waals surface area contributed by atoms with Crippen LogP contribution in [-0.4, -0.2) is 22.8 Å². The number of fused-ring (bicyclic) bond motifs is 1. The van der Waals surface area contributed by atoms with Crippen molar-refractivity contribution in [2.45, 2.75) is 24.9 Å². The van der Waals surface area contributed by atoms with Gasteiger partial charge in [-0.15, -0.1) is 0 Å². The number of para-hydroxylation sites is 1. The molecule has 0 amide bonds. The molecule has 1 aliphatic heterocycles. The van der Waals surface area contributed by atoms with E-state index in [1.54, 1.807) is 12.1 Å². The zero-order chi connectivity index (χ0) is 11.6. The van der Waals surface area contributed by atoms with E-state index in [2.05, 4.69) is 0 Å². The molecule has 1 aromatic carbocycles. The van der Waals surface area contributed by atoms with Crippen molar-refractivity contribution in [3.63, 3.8) is 0 Å². The molecule has 0 bridgehead atoms. The molecule has 0 saturated heterocycles. The summed E-state index contributed by atoms with van der Waals surface area (Å²) in [6, 6.07) is 7.23. The predicted octanol–water partition coefficient (Wildman–Crippen LogP) is 1.52. The molecule has 0 aliphatic carbocycles. The van der Waals surface area contributed by atoms with Gasteiger partial charge in [-0.3, -0.25) is 4.79 Å². The zero-order valence-corrected chi connectivity index (χ0v) is 8.85. The van der Waals surface area contributed by atoms with Gasteiger partial charge in [0.1, 0.15) is 5.75 Å². The average Bonchev–Trinajstić information content (AvgIpc) is 2.27. The summed E-state index contributed by atoms with van der Waals surface area (Å²) in [6.07, 6.45) is 0.630. The molecule has 1 unspecified atom stereocenters. The number of rotatable bonds is 3. The maximum atomic E-state index is 10.6. The lowest BCUT2D eigenvalue weighted by atomic mass is 9.84. The number of aliphatic carboxylic acids is 1. The van der Waals surface area contributed by atoms with Gasteiger partial charge in [0.05, 0.1) is 12.2 Å². The number of carbonyl (C=O) groups is 1. The monoisotopic (exact) mass is 222 g/mol. The highest BCUT2D eigenvalue weighted by Crippen LogP contribution is 2.39. The molecule has 0 aromatic heterocycles. The van der Waals surface area contributed by atoms with Crippen molar-refractivity contribution in [3.05, 3.63) is 29.8 Å². The van der Waals surface area contributed by atoms with Crippen molar-refractivity contribution in [2.75, 3.05) is 6.61 Å². The van der Waals surface area contributed by atoms with Gasteiger partial charge >= 0.3 is 5.97 Å². The van der Waals surface area contributed by atoms with Crippen molar-refractivity contribution >= 4 is 5.97 Å². The van der Waals surface area contributed by atoms with E-state index in [9.17, 15) is 9.90 Å². The number of hydrogen-bond acceptors (Lipinski definition) is 3. The lowest BCUT2D eigenvalue weighted by Gasteiger charge is -2.34. The molecule has 0 fully saturated rings. The molecule has 16 heavy (non-hydrogen) atoms. The van der Waals surface area contributed by atoms with Crippen molar-refractivity contribution in [1.29, 1.82) is 0 Å². The van der Waals surface area contributed by atoms with E-state index in [1.807, 2.05) is 12.1 Å². The van der Waals surface area contributed by atoms with Gasteiger partial charge in [-0.05, 0) is 12.5 Å². The summed E-state index contributed by atoms with van der Waals surface area (Å²) in [7, 11) is 0.